The normalized spacial score (nSPS) is 13.0. The molecule has 0 spiro atoms. The Morgan fingerprint density at radius 3 is 1.25 bits per heavy atom. The van der Waals surface area contributed by atoms with Crippen molar-refractivity contribution in [1.29, 1.82) is 0 Å². The second-order valence-corrected chi connectivity index (χ2v) is 19.3. The molecule has 2 atom stereocenters. The summed E-state index contributed by atoms with van der Waals surface area (Å²) in [5.41, 5.74) is 0. The molecule has 65 heavy (non-hydrogen) atoms. The molecule has 0 saturated carbocycles. The summed E-state index contributed by atoms with van der Waals surface area (Å²) in [6.07, 6.45) is 68.5. The zero-order valence-electron chi connectivity index (χ0n) is 43.2. The van der Waals surface area contributed by atoms with Gasteiger partial charge in [0.1, 0.15) is 0 Å². The van der Waals surface area contributed by atoms with Gasteiger partial charge in [0.25, 0.3) is 0 Å². The first-order valence-electron chi connectivity index (χ1n) is 28.4. The maximum Gasteiger partial charge on any atom is 0.305 e. The van der Waals surface area contributed by atoms with E-state index in [2.05, 4.69) is 55.6 Å². The lowest BCUT2D eigenvalue weighted by Crippen LogP contribution is -2.45. The third-order valence-electron chi connectivity index (χ3n) is 12.8. The van der Waals surface area contributed by atoms with Crippen LogP contribution < -0.4 is 5.32 Å². The van der Waals surface area contributed by atoms with E-state index in [1.807, 2.05) is 6.08 Å². The molecule has 3 N–H and O–H groups in total. The second-order valence-electron chi connectivity index (χ2n) is 19.3. The van der Waals surface area contributed by atoms with Crippen LogP contribution in [0.4, 0.5) is 0 Å². The van der Waals surface area contributed by atoms with E-state index in [4.69, 9.17) is 4.74 Å². The number of hydrogen-bond acceptors (Lipinski definition) is 5. The Kier molecular flexibility index (Phi) is 52.6. The molecule has 1 amide bonds. The van der Waals surface area contributed by atoms with Gasteiger partial charge >= 0.3 is 5.97 Å². The van der Waals surface area contributed by atoms with Crippen molar-refractivity contribution in [2.24, 2.45) is 0 Å². The van der Waals surface area contributed by atoms with Crippen molar-refractivity contribution in [3.63, 3.8) is 0 Å². The first kappa shape index (κ1) is 62.8. The summed E-state index contributed by atoms with van der Waals surface area (Å²) in [4.78, 5) is 24.4. The molecule has 380 valence electrons. The van der Waals surface area contributed by atoms with E-state index < -0.39 is 12.1 Å². The molecule has 0 saturated heterocycles. The van der Waals surface area contributed by atoms with Gasteiger partial charge in [0.15, 0.2) is 0 Å². The Morgan fingerprint density at radius 1 is 0.431 bits per heavy atom. The molecular formula is C59H109NO5. The summed E-state index contributed by atoms with van der Waals surface area (Å²) < 4.78 is 5.46. The number of esters is 1. The van der Waals surface area contributed by atoms with Crippen LogP contribution in [-0.4, -0.2) is 47.4 Å². The van der Waals surface area contributed by atoms with Crippen LogP contribution in [0.2, 0.25) is 0 Å². The third kappa shape index (κ3) is 51.1. The number of carbonyl (C=O) groups excluding carboxylic acids is 2. The van der Waals surface area contributed by atoms with Gasteiger partial charge in [0.2, 0.25) is 5.91 Å². The molecule has 0 aromatic rings. The fourth-order valence-electron chi connectivity index (χ4n) is 8.43. The van der Waals surface area contributed by atoms with Crippen LogP contribution in [0.3, 0.4) is 0 Å². The minimum Gasteiger partial charge on any atom is -0.466 e. The molecule has 0 rings (SSSR count). The van der Waals surface area contributed by atoms with Crippen molar-refractivity contribution in [2.75, 3.05) is 13.2 Å². The minimum absolute atomic E-state index is 0.00411. The first-order chi connectivity index (χ1) is 32.0. The van der Waals surface area contributed by atoms with Crippen molar-refractivity contribution in [3.05, 3.63) is 48.6 Å². The van der Waals surface area contributed by atoms with E-state index in [1.165, 1.54) is 212 Å². The molecule has 0 aliphatic heterocycles. The van der Waals surface area contributed by atoms with Crippen LogP contribution >= 0.6 is 0 Å². The Hall–Kier alpha value is -2.18. The predicted molar refractivity (Wildman–Crippen MR) is 282 cm³/mol. The summed E-state index contributed by atoms with van der Waals surface area (Å²) in [6.45, 7) is 4.81. The molecule has 6 heteroatoms. The van der Waals surface area contributed by atoms with Crippen LogP contribution in [0.5, 0.6) is 0 Å². The fourth-order valence-corrected chi connectivity index (χ4v) is 8.43. The van der Waals surface area contributed by atoms with Gasteiger partial charge in [-0.1, -0.05) is 242 Å². The number of ether oxygens (including phenoxy) is 1. The Morgan fingerprint density at radius 2 is 0.800 bits per heavy atom. The van der Waals surface area contributed by atoms with Gasteiger partial charge in [-0.3, -0.25) is 9.59 Å². The minimum atomic E-state index is -0.846. The molecular weight excluding hydrogens is 803 g/mol. The predicted octanol–water partition coefficient (Wildman–Crippen LogP) is 17.4. The van der Waals surface area contributed by atoms with Crippen LogP contribution in [-0.2, 0) is 14.3 Å². The lowest BCUT2D eigenvalue weighted by atomic mass is 10.0. The Bertz CT molecular complexity index is 1100. The van der Waals surface area contributed by atoms with Crippen LogP contribution in [0.1, 0.15) is 290 Å². The number of rotatable bonds is 52. The highest BCUT2D eigenvalue weighted by atomic mass is 16.5. The molecule has 0 aromatic heterocycles. The highest BCUT2D eigenvalue weighted by Gasteiger charge is 2.18. The lowest BCUT2D eigenvalue weighted by Gasteiger charge is -2.20. The smallest absolute Gasteiger partial charge is 0.305 e. The van der Waals surface area contributed by atoms with Gasteiger partial charge in [-0.25, -0.2) is 0 Å². The van der Waals surface area contributed by atoms with E-state index in [0.717, 1.165) is 51.4 Å². The van der Waals surface area contributed by atoms with E-state index in [1.54, 1.807) is 6.08 Å². The standard InChI is InChI=1S/C59H109NO5/c1-3-5-7-9-11-13-15-28-33-37-41-45-49-53-59(64)65-54-50-46-42-38-34-30-27-25-23-21-19-17-16-18-20-22-24-26-29-32-36-40-44-48-52-58(63)60-56(55-61)57(62)51-47-43-39-35-31-14-12-10-8-6-4-2/h7,9,13,15,18,20,47,51,56-57,61-62H,3-6,8,10-12,14,16-17,19,21-46,48-50,52-55H2,1-2H3,(H,60,63)/b9-7-,15-13-,20-18-,51-47+. The van der Waals surface area contributed by atoms with Crippen molar-refractivity contribution in [3.8, 4) is 0 Å². The maximum absolute atomic E-state index is 12.4. The summed E-state index contributed by atoms with van der Waals surface area (Å²) in [5.74, 6) is -0.0787. The molecule has 2 unspecified atom stereocenters. The van der Waals surface area contributed by atoms with Gasteiger partial charge in [-0.2, -0.15) is 0 Å². The van der Waals surface area contributed by atoms with Gasteiger partial charge in [0, 0.05) is 12.8 Å². The number of hydrogen-bond donors (Lipinski definition) is 3. The van der Waals surface area contributed by atoms with Crippen molar-refractivity contribution in [2.45, 2.75) is 302 Å². The van der Waals surface area contributed by atoms with Gasteiger partial charge in [0.05, 0.1) is 25.4 Å². The molecule has 0 aromatic carbocycles. The van der Waals surface area contributed by atoms with Crippen molar-refractivity contribution >= 4 is 11.9 Å². The van der Waals surface area contributed by atoms with Crippen molar-refractivity contribution in [1.82, 2.24) is 5.32 Å². The highest BCUT2D eigenvalue weighted by molar-refractivity contribution is 5.76. The summed E-state index contributed by atoms with van der Waals surface area (Å²) >= 11 is 0. The zero-order valence-corrected chi connectivity index (χ0v) is 43.2. The fraction of sp³-hybridized carbons (Fsp3) is 0.831. The summed E-state index contributed by atoms with van der Waals surface area (Å²) in [7, 11) is 0. The zero-order chi connectivity index (χ0) is 47.2. The SMILES string of the molecule is CCC/C=C\C/C=C\CCCCCCCC(=O)OCCCCCCCCCCCCCC/C=C\CCCCCCCCCCC(=O)NC(CO)C(O)/C=C/CCCCCCCCCCC. The number of unbranched alkanes of at least 4 members (excludes halogenated alkanes) is 35. The number of nitrogens with one attached hydrogen (secondary N) is 1. The largest absolute Gasteiger partial charge is 0.466 e. The van der Waals surface area contributed by atoms with E-state index in [9.17, 15) is 19.8 Å². The Labute approximate surface area is 404 Å². The average Bonchev–Trinajstić information content (AvgIpc) is 3.31. The highest BCUT2D eigenvalue weighted by Crippen LogP contribution is 2.16. The molecule has 0 heterocycles. The number of allylic oxidation sites excluding steroid dienone is 7. The molecule has 0 aliphatic rings. The van der Waals surface area contributed by atoms with Gasteiger partial charge < -0.3 is 20.3 Å². The molecule has 0 bridgehead atoms. The first-order valence-corrected chi connectivity index (χ1v) is 28.4. The van der Waals surface area contributed by atoms with E-state index in [0.29, 0.717) is 19.4 Å². The monoisotopic (exact) mass is 912 g/mol. The third-order valence-corrected chi connectivity index (χ3v) is 12.8. The molecule has 6 nitrogen and oxygen atoms in total. The number of aliphatic hydroxyl groups is 2. The van der Waals surface area contributed by atoms with Gasteiger partial charge in [-0.05, 0) is 83.5 Å². The average molecular weight is 913 g/mol. The number of amides is 1. The quantitative estimate of drug-likeness (QED) is 0.0321. The van der Waals surface area contributed by atoms with Gasteiger partial charge in [-0.15, -0.1) is 0 Å². The van der Waals surface area contributed by atoms with Crippen LogP contribution in [0.25, 0.3) is 0 Å². The van der Waals surface area contributed by atoms with Crippen LogP contribution in [0.15, 0.2) is 48.6 Å². The second kappa shape index (κ2) is 54.4. The maximum atomic E-state index is 12.4. The van der Waals surface area contributed by atoms with Crippen molar-refractivity contribution < 1.29 is 24.5 Å². The molecule has 0 radical (unpaired) electrons. The number of aliphatic hydroxyl groups excluding tert-OH is 2. The molecule has 0 aliphatic carbocycles. The van der Waals surface area contributed by atoms with Crippen LogP contribution in [0, 0.1) is 0 Å². The summed E-state index contributed by atoms with van der Waals surface area (Å²) in [6, 6.07) is -0.630. The Balaban J connectivity index is 3.42. The lowest BCUT2D eigenvalue weighted by molar-refractivity contribution is -0.143. The number of carbonyl (C=O) groups is 2. The van der Waals surface area contributed by atoms with E-state index >= 15 is 0 Å². The van der Waals surface area contributed by atoms with E-state index in [-0.39, 0.29) is 18.5 Å². The topological polar surface area (TPSA) is 95.9 Å². The summed E-state index contributed by atoms with van der Waals surface area (Å²) in [5, 5.41) is 23.0. The molecule has 0 fully saturated rings.